The molecule has 0 aliphatic heterocycles. The molecular formula is C12H21N3. The van der Waals surface area contributed by atoms with Crippen LogP contribution in [0.4, 0.5) is 11.5 Å². The first-order valence-corrected chi connectivity index (χ1v) is 5.40. The number of nitrogens with one attached hydrogen (secondary N) is 1. The average Bonchev–Trinajstić information content (AvgIpc) is 2.18. The highest BCUT2D eigenvalue weighted by Gasteiger charge is 2.07. The molecule has 0 aliphatic rings. The van der Waals surface area contributed by atoms with Crippen molar-refractivity contribution in [2.75, 3.05) is 24.3 Å². The van der Waals surface area contributed by atoms with E-state index in [4.69, 9.17) is 0 Å². The van der Waals surface area contributed by atoms with Gasteiger partial charge in [0.1, 0.15) is 5.82 Å². The predicted octanol–water partition coefficient (Wildman–Crippen LogP) is 2.60. The van der Waals surface area contributed by atoms with E-state index in [9.17, 15) is 0 Å². The molecule has 1 atom stereocenters. The molecule has 0 amide bonds. The van der Waals surface area contributed by atoms with Crippen LogP contribution >= 0.6 is 0 Å². The Bertz CT molecular complexity index is 307. The zero-order valence-corrected chi connectivity index (χ0v) is 10.3. The second kappa shape index (κ2) is 5.01. The Morgan fingerprint density at radius 2 is 1.93 bits per heavy atom. The molecule has 15 heavy (non-hydrogen) atoms. The minimum atomic E-state index is 0.440. The van der Waals surface area contributed by atoms with Gasteiger partial charge in [0.05, 0.1) is 0 Å². The molecule has 0 saturated carbocycles. The standard InChI is InChI=1S/C12H21N3/c1-9(2)10(3)14-12-8-11(15(4)5)6-7-13-12/h6-10H,1-5H3,(H,13,14). The van der Waals surface area contributed by atoms with Crippen molar-refractivity contribution in [2.45, 2.75) is 26.8 Å². The summed E-state index contributed by atoms with van der Waals surface area (Å²) < 4.78 is 0. The zero-order valence-electron chi connectivity index (χ0n) is 10.3. The van der Waals surface area contributed by atoms with E-state index in [1.54, 1.807) is 0 Å². The maximum absolute atomic E-state index is 4.31. The van der Waals surface area contributed by atoms with Crippen molar-refractivity contribution in [1.29, 1.82) is 0 Å². The van der Waals surface area contributed by atoms with Crippen molar-refractivity contribution in [1.82, 2.24) is 4.98 Å². The molecule has 1 rings (SSSR count). The highest BCUT2D eigenvalue weighted by atomic mass is 15.1. The first-order chi connectivity index (χ1) is 7.00. The van der Waals surface area contributed by atoms with Gasteiger partial charge in [0.25, 0.3) is 0 Å². The molecule has 0 aliphatic carbocycles. The third kappa shape index (κ3) is 3.42. The van der Waals surface area contributed by atoms with Crippen molar-refractivity contribution in [3.8, 4) is 0 Å². The lowest BCUT2D eigenvalue weighted by Crippen LogP contribution is -2.22. The topological polar surface area (TPSA) is 28.2 Å². The van der Waals surface area contributed by atoms with Crippen molar-refractivity contribution in [2.24, 2.45) is 5.92 Å². The van der Waals surface area contributed by atoms with Gasteiger partial charge in [-0.1, -0.05) is 13.8 Å². The van der Waals surface area contributed by atoms with Crippen LogP contribution in [0.25, 0.3) is 0 Å². The number of pyridine rings is 1. The van der Waals surface area contributed by atoms with Gasteiger partial charge in [-0.2, -0.15) is 0 Å². The second-order valence-electron chi connectivity index (χ2n) is 4.47. The Labute approximate surface area is 92.5 Å². The normalized spacial score (nSPS) is 12.7. The number of hydrogen-bond acceptors (Lipinski definition) is 3. The fourth-order valence-corrected chi connectivity index (χ4v) is 1.18. The summed E-state index contributed by atoms with van der Waals surface area (Å²) >= 11 is 0. The van der Waals surface area contributed by atoms with Crippen LogP contribution in [0.15, 0.2) is 18.3 Å². The smallest absolute Gasteiger partial charge is 0.128 e. The van der Waals surface area contributed by atoms with Gasteiger partial charge >= 0.3 is 0 Å². The molecule has 1 heterocycles. The van der Waals surface area contributed by atoms with Gasteiger partial charge < -0.3 is 10.2 Å². The van der Waals surface area contributed by atoms with Gasteiger partial charge in [-0.15, -0.1) is 0 Å². The first kappa shape index (κ1) is 11.8. The minimum absolute atomic E-state index is 0.440. The lowest BCUT2D eigenvalue weighted by Gasteiger charge is -2.19. The Kier molecular flexibility index (Phi) is 3.95. The summed E-state index contributed by atoms with van der Waals surface area (Å²) in [5.41, 5.74) is 1.17. The van der Waals surface area contributed by atoms with Gasteiger partial charge in [0.15, 0.2) is 0 Å². The van der Waals surface area contributed by atoms with Gasteiger partial charge in [0.2, 0.25) is 0 Å². The Morgan fingerprint density at radius 3 is 2.47 bits per heavy atom. The van der Waals surface area contributed by atoms with Gasteiger partial charge in [0, 0.05) is 38.1 Å². The van der Waals surface area contributed by atoms with Crippen LogP contribution in [-0.2, 0) is 0 Å². The second-order valence-corrected chi connectivity index (χ2v) is 4.47. The van der Waals surface area contributed by atoms with E-state index in [1.165, 1.54) is 5.69 Å². The van der Waals surface area contributed by atoms with E-state index in [1.807, 2.05) is 26.4 Å². The molecule has 0 bridgehead atoms. The minimum Gasteiger partial charge on any atom is -0.378 e. The molecule has 1 aromatic rings. The summed E-state index contributed by atoms with van der Waals surface area (Å²) in [6.45, 7) is 6.58. The summed E-state index contributed by atoms with van der Waals surface area (Å²) in [6, 6.07) is 4.51. The van der Waals surface area contributed by atoms with Crippen molar-refractivity contribution in [3.63, 3.8) is 0 Å². The number of hydrogen-bond donors (Lipinski definition) is 1. The molecule has 0 fully saturated rings. The lowest BCUT2D eigenvalue weighted by molar-refractivity contribution is 0.558. The Morgan fingerprint density at radius 1 is 1.27 bits per heavy atom. The maximum atomic E-state index is 4.31. The molecule has 1 unspecified atom stereocenters. The third-order valence-corrected chi connectivity index (χ3v) is 2.64. The summed E-state index contributed by atoms with van der Waals surface area (Å²) in [5.74, 6) is 1.55. The van der Waals surface area contributed by atoms with Crippen molar-refractivity contribution in [3.05, 3.63) is 18.3 Å². The molecular weight excluding hydrogens is 186 g/mol. The van der Waals surface area contributed by atoms with E-state index in [2.05, 4.69) is 42.0 Å². The van der Waals surface area contributed by atoms with Crippen molar-refractivity contribution >= 4 is 11.5 Å². The molecule has 3 nitrogen and oxygen atoms in total. The Balaban J connectivity index is 2.73. The average molecular weight is 207 g/mol. The SMILES string of the molecule is CC(C)C(C)Nc1cc(N(C)C)ccn1. The maximum Gasteiger partial charge on any atom is 0.128 e. The van der Waals surface area contributed by atoms with Crippen molar-refractivity contribution < 1.29 is 0 Å². The van der Waals surface area contributed by atoms with Crippen LogP contribution in [-0.4, -0.2) is 25.1 Å². The molecule has 0 aromatic carbocycles. The van der Waals surface area contributed by atoms with Crippen LogP contribution in [0.2, 0.25) is 0 Å². The number of rotatable bonds is 4. The van der Waals surface area contributed by atoms with E-state index < -0.39 is 0 Å². The van der Waals surface area contributed by atoms with E-state index in [-0.39, 0.29) is 0 Å². The molecule has 0 saturated heterocycles. The van der Waals surface area contributed by atoms with Gasteiger partial charge in [-0.05, 0) is 18.9 Å². The molecule has 1 N–H and O–H groups in total. The van der Waals surface area contributed by atoms with E-state index in [0.717, 1.165) is 5.82 Å². The molecule has 3 heteroatoms. The highest BCUT2D eigenvalue weighted by molar-refractivity contribution is 5.53. The summed E-state index contributed by atoms with van der Waals surface area (Å²) in [7, 11) is 4.07. The number of nitrogens with zero attached hydrogens (tertiary/aromatic N) is 2. The molecule has 1 aromatic heterocycles. The first-order valence-electron chi connectivity index (χ1n) is 5.40. The molecule has 0 spiro atoms. The van der Waals surface area contributed by atoms with Crippen LogP contribution in [0.1, 0.15) is 20.8 Å². The number of anilines is 2. The zero-order chi connectivity index (χ0) is 11.4. The lowest BCUT2D eigenvalue weighted by atomic mass is 10.1. The fourth-order valence-electron chi connectivity index (χ4n) is 1.18. The summed E-state index contributed by atoms with van der Waals surface area (Å²) in [6.07, 6.45) is 1.84. The third-order valence-electron chi connectivity index (χ3n) is 2.64. The fraction of sp³-hybridized carbons (Fsp3) is 0.583. The van der Waals surface area contributed by atoms with Crippen LogP contribution < -0.4 is 10.2 Å². The quantitative estimate of drug-likeness (QED) is 0.822. The number of aromatic nitrogens is 1. The summed E-state index contributed by atoms with van der Waals surface area (Å²) in [5, 5.41) is 3.40. The van der Waals surface area contributed by atoms with Crippen LogP contribution in [0.5, 0.6) is 0 Å². The van der Waals surface area contributed by atoms with Gasteiger partial charge in [-0.3, -0.25) is 0 Å². The van der Waals surface area contributed by atoms with Crippen LogP contribution in [0, 0.1) is 5.92 Å². The Hall–Kier alpha value is -1.25. The van der Waals surface area contributed by atoms with E-state index in [0.29, 0.717) is 12.0 Å². The van der Waals surface area contributed by atoms with Crippen LogP contribution in [0.3, 0.4) is 0 Å². The highest BCUT2D eigenvalue weighted by Crippen LogP contribution is 2.16. The van der Waals surface area contributed by atoms with Gasteiger partial charge in [-0.25, -0.2) is 4.98 Å². The predicted molar refractivity (Wildman–Crippen MR) is 66.5 cm³/mol. The molecule has 84 valence electrons. The van der Waals surface area contributed by atoms with E-state index >= 15 is 0 Å². The monoisotopic (exact) mass is 207 g/mol. The molecule has 0 radical (unpaired) electrons. The largest absolute Gasteiger partial charge is 0.378 e. The summed E-state index contributed by atoms with van der Waals surface area (Å²) in [4.78, 5) is 6.38.